The van der Waals surface area contributed by atoms with Crippen molar-refractivity contribution in [3.05, 3.63) is 52.5 Å². The van der Waals surface area contributed by atoms with Crippen LogP contribution in [0.3, 0.4) is 0 Å². The van der Waals surface area contributed by atoms with Crippen molar-refractivity contribution in [1.29, 1.82) is 0 Å². The number of carbonyl (C=O) groups is 1. The van der Waals surface area contributed by atoms with Gasteiger partial charge in [-0.3, -0.25) is 4.79 Å². The Morgan fingerprint density at radius 3 is 3.08 bits per heavy atom. The Labute approximate surface area is 143 Å². The number of amides is 1. The second kappa shape index (κ2) is 6.09. The number of nitrogens with zero attached hydrogens (tertiary/aromatic N) is 3. The highest BCUT2D eigenvalue weighted by Gasteiger charge is 2.25. The molecule has 6 nitrogen and oxygen atoms in total. The van der Waals surface area contributed by atoms with Crippen LogP contribution in [0.2, 0.25) is 0 Å². The minimum atomic E-state index is -0.0508. The van der Waals surface area contributed by atoms with Gasteiger partial charge in [0.2, 0.25) is 11.7 Å². The van der Waals surface area contributed by atoms with Crippen molar-refractivity contribution >= 4 is 22.9 Å². The number of carbonyl (C=O) groups excluding carboxylic acids is 1. The lowest BCUT2D eigenvalue weighted by molar-refractivity contribution is 0.0945. The van der Waals surface area contributed by atoms with Gasteiger partial charge in [-0.15, -0.1) is 0 Å². The monoisotopic (exact) mass is 340 g/mol. The van der Waals surface area contributed by atoms with E-state index in [4.69, 9.17) is 4.52 Å². The molecule has 0 spiro atoms. The standard InChI is InChI=1S/C17H16N4O2S/c1-11-8-21(14-5-3-2-4-13(14)17(22)18-11)9-15-19-16(20-23-15)12-6-7-24-10-12/h2-7,10-11H,8-9H2,1H3,(H,18,22)/t11-/m0/s1. The summed E-state index contributed by atoms with van der Waals surface area (Å²) in [6.45, 7) is 3.13. The van der Waals surface area contributed by atoms with Gasteiger partial charge in [-0.25, -0.2) is 0 Å². The summed E-state index contributed by atoms with van der Waals surface area (Å²) >= 11 is 1.60. The largest absolute Gasteiger partial charge is 0.360 e. The molecule has 1 N–H and O–H groups in total. The number of thiophene rings is 1. The quantitative estimate of drug-likeness (QED) is 0.794. The van der Waals surface area contributed by atoms with Crippen LogP contribution in [0.4, 0.5) is 5.69 Å². The smallest absolute Gasteiger partial charge is 0.253 e. The van der Waals surface area contributed by atoms with E-state index >= 15 is 0 Å². The summed E-state index contributed by atoms with van der Waals surface area (Å²) in [7, 11) is 0. The van der Waals surface area contributed by atoms with E-state index in [0.29, 0.717) is 30.4 Å². The molecule has 0 bridgehead atoms. The lowest BCUT2D eigenvalue weighted by Gasteiger charge is -2.24. The predicted octanol–water partition coefficient (Wildman–Crippen LogP) is 2.94. The van der Waals surface area contributed by atoms with Gasteiger partial charge >= 0.3 is 0 Å². The van der Waals surface area contributed by atoms with Gasteiger partial charge in [-0.1, -0.05) is 17.3 Å². The van der Waals surface area contributed by atoms with Crippen LogP contribution in [-0.4, -0.2) is 28.6 Å². The zero-order valence-electron chi connectivity index (χ0n) is 13.1. The topological polar surface area (TPSA) is 71.3 Å². The lowest BCUT2D eigenvalue weighted by atomic mass is 10.1. The minimum absolute atomic E-state index is 0.0316. The molecular weight excluding hydrogens is 324 g/mol. The maximum absolute atomic E-state index is 12.3. The molecule has 1 atom stereocenters. The minimum Gasteiger partial charge on any atom is -0.360 e. The molecule has 122 valence electrons. The van der Waals surface area contributed by atoms with Crippen LogP contribution >= 0.6 is 11.3 Å². The van der Waals surface area contributed by atoms with Crippen molar-refractivity contribution in [3.8, 4) is 11.4 Å². The Morgan fingerprint density at radius 1 is 1.38 bits per heavy atom. The normalized spacial score (nSPS) is 17.3. The predicted molar refractivity (Wildman–Crippen MR) is 92.0 cm³/mol. The summed E-state index contributed by atoms with van der Waals surface area (Å²) in [5.41, 5.74) is 2.51. The molecule has 4 rings (SSSR count). The van der Waals surface area contributed by atoms with Gasteiger partial charge in [0, 0.05) is 23.5 Å². The molecule has 3 aromatic rings. The maximum Gasteiger partial charge on any atom is 0.253 e. The third-order valence-corrected chi connectivity index (χ3v) is 4.62. The Bertz CT molecular complexity index is 859. The van der Waals surface area contributed by atoms with Gasteiger partial charge in [-0.05, 0) is 30.5 Å². The number of aromatic nitrogens is 2. The van der Waals surface area contributed by atoms with Crippen LogP contribution in [0.5, 0.6) is 0 Å². The van der Waals surface area contributed by atoms with E-state index < -0.39 is 0 Å². The Balaban J connectivity index is 1.63. The molecule has 0 aliphatic carbocycles. The average molecular weight is 340 g/mol. The van der Waals surface area contributed by atoms with E-state index in [1.165, 1.54) is 0 Å². The third-order valence-electron chi connectivity index (χ3n) is 3.93. The number of fused-ring (bicyclic) bond motifs is 1. The zero-order valence-corrected chi connectivity index (χ0v) is 13.9. The first-order chi connectivity index (χ1) is 11.7. The highest BCUT2D eigenvalue weighted by Crippen LogP contribution is 2.26. The fourth-order valence-corrected chi connectivity index (χ4v) is 3.49. The SMILES string of the molecule is C[C@H]1CN(Cc2nc(-c3ccsc3)no2)c2ccccc2C(=O)N1. The number of nitrogens with one attached hydrogen (secondary N) is 1. The van der Waals surface area contributed by atoms with Crippen LogP contribution in [0.15, 0.2) is 45.6 Å². The van der Waals surface area contributed by atoms with Crippen LogP contribution in [0.25, 0.3) is 11.4 Å². The molecule has 0 radical (unpaired) electrons. The number of hydrogen-bond acceptors (Lipinski definition) is 6. The van der Waals surface area contributed by atoms with Gasteiger partial charge in [0.05, 0.1) is 17.8 Å². The van der Waals surface area contributed by atoms with E-state index in [0.717, 1.165) is 11.3 Å². The second-order valence-electron chi connectivity index (χ2n) is 5.80. The molecule has 1 amide bonds. The molecule has 1 aliphatic rings. The van der Waals surface area contributed by atoms with Crippen molar-refractivity contribution in [3.63, 3.8) is 0 Å². The zero-order chi connectivity index (χ0) is 16.5. The molecular formula is C17H16N4O2S. The van der Waals surface area contributed by atoms with E-state index in [9.17, 15) is 4.79 Å². The molecule has 2 aromatic heterocycles. The molecule has 7 heteroatoms. The van der Waals surface area contributed by atoms with E-state index in [1.807, 2.05) is 48.0 Å². The Morgan fingerprint density at radius 2 is 2.25 bits per heavy atom. The molecule has 1 aromatic carbocycles. The number of anilines is 1. The first kappa shape index (κ1) is 14.9. The van der Waals surface area contributed by atoms with Gasteiger partial charge < -0.3 is 14.7 Å². The second-order valence-corrected chi connectivity index (χ2v) is 6.58. The summed E-state index contributed by atoms with van der Waals surface area (Å²) < 4.78 is 5.41. The van der Waals surface area contributed by atoms with Crippen LogP contribution in [0, 0.1) is 0 Å². The number of hydrogen-bond donors (Lipinski definition) is 1. The van der Waals surface area contributed by atoms with E-state index in [2.05, 4.69) is 20.4 Å². The summed E-state index contributed by atoms with van der Waals surface area (Å²) in [5.74, 6) is 1.08. The van der Waals surface area contributed by atoms with Crippen molar-refractivity contribution in [1.82, 2.24) is 15.5 Å². The number of para-hydroxylation sites is 1. The van der Waals surface area contributed by atoms with Crippen LogP contribution < -0.4 is 10.2 Å². The number of benzene rings is 1. The van der Waals surface area contributed by atoms with Crippen molar-refractivity contribution in [2.75, 3.05) is 11.4 Å². The van der Waals surface area contributed by atoms with Crippen molar-refractivity contribution in [2.45, 2.75) is 19.5 Å². The van der Waals surface area contributed by atoms with Crippen LogP contribution in [-0.2, 0) is 6.54 Å². The molecule has 0 saturated carbocycles. The average Bonchev–Trinajstić information content (AvgIpc) is 3.23. The summed E-state index contributed by atoms with van der Waals surface area (Å²) in [6.07, 6.45) is 0. The Kier molecular flexibility index (Phi) is 3.78. The van der Waals surface area contributed by atoms with Crippen molar-refractivity contribution in [2.24, 2.45) is 0 Å². The Hall–Kier alpha value is -2.67. The number of rotatable bonds is 3. The van der Waals surface area contributed by atoms with Gasteiger partial charge in [0.15, 0.2) is 0 Å². The third kappa shape index (κ3) is 2.78. The van der Waals surface area contributed by atoms with Gasteiger partial charge in [0.1, 0.15) is 0 Å². The van der Waals surface area contributed by atoms with Gasteiger partial charge in [0.25, 0.3) is 5.91 Å². The first-order valence-corrected chi connectivity index (χ1v) is 8.65. The molecule has 3 heterocycles. The summed E-state index contributed by atoms with van der Waals surface area (Å²) in [4.78, 5) is 18.9. The molecule has 24 heavy (non-hydrogen) atoms. The fourth-order valence-electron chi connectivity index (χ4n) is 2.86. The molecule has 0 saturated heterocycles. The van der Waals surface area contributed by atoms with Crippen LogP contribution in [0.1, 0.15) is 23.2 Å². The molecule has 1 aliphatic heterocycles. The summed E-state index contributed by atoms with van der Waals surface area (Å²) in [5, 5.41) is 11.0. The highest BCUT2D eigenvalue weighted by atomic mass is 32.1. The van der Waals surface area contributed by atoms with Gasteiger partial charge in [-0.2, -0.15) is 16.3 Å². The van der Waals surface area contributed by atoms with E-state index in [-0.39, 0.29) is 11.9 Å². The summed E-state index contributed by atoms with van der Waals surface area (Å²) in [6, 6.07) is 9.58. The molecule has 0 fully saturated rings. The highest BCUT2D eigenvalue weighted by molar-refractivity contribution is 7.08. The van der Waals surface area contributed by atoms with Crippen molar-refractivity contribution < 1.29 is 9.32 Å². The first-order valence-electron chi connectivity index (χ1n) is 7.70. The van der Waals surface area contributed by atoms with E-state index in [1.54, 1.807) is 11.3 Å². The lowest BCUT2D eigenvalue weighted by Crippen LogP contribution is -2.38. The fraction of sp³-hybridized carbons (Fsp3) is 0.235. The maximum atomic E-state index is 12.3. The molecule has 0 unspecified atom stereocenters.